The maximum Gasteiger partial charge on any atom is 0.337 e. The van der Waals surface area contributed by atoms with Gasteiger partial charge >= 0.3 is 5.97 Å². The van der Waals surface area contributed by atoms with Crippen LogP contribution in [0.25, 0.3) is 10.2 Å². The minimum Gasteiger partial charge on any atom is -0.465 e. The molecule has 0 saturated heterocycles. The van der Waals surface area contributed by atoms with Crippen molar-refractivity contribution in [1.29, 1.82) is 0 Å². The number of amides is 1. The van der Waals surface area contributed by atoms with Crippen molar-refractivity contribution in [3.8, 4) is 11.5 Å². The van der Waals surface area contributed by atoms with Crippen LogP contribution in [0.15, 0.2) is 71.7 Å². The fourth-order valence-electron chi connectivity index (χ4n) is 4.25. The minimum absolute atomic E-state index is 0.280. The largest absolute Gasteiger partial charge is 0.465 e. The van der Waals surface area contributed by atoms with Gasteiger partial charge in [0.25, 0.3) is 5.91 Å². The number of nitrogens with zero attached hydrogens (tertiary/aromatic N) is 2. The number of methoxy groups -OCH3 is 1. The highest BCUT2D eigenvalue weighted by Crippen LogP contribution is 2.44. The lowest BCUT2D eigenvalue weighted by atomic mass is 9.87. The number of fused-ring (bicyclic) bond motifs is 3. The van der Waals surface area contributed by atoms with Crippen molar-refractivity contribution < 1.29 is 23.8 Å². The smallest absolute Gasteiger partial charge is 0.337 e. The number of benzene rings is 3. The van der Waals surface area contributed by atoms with Crippen LogP contribution >= 0.6 is 11.3 Å². The molecule has 0 unspecified atom stereocenters. The molecule has 4 aromatic rings. The van der Waals surface area contributed by atoms with Gasteiger partial charge < -0.3 is 18.8 Å². The molecule has 0 fully saturated rings. The maximum atomic E-state index is 13.7. The predicted molar refractivity (Wildman–Crippen MR) is 133 cm³/mol. The van der Waals surface area contributed by atoms with Gasteiger partial charge in [0.05, 0.1) is 35.4 Å². The van der Waals surface area contributed by atoms with Gasteiger partial charge in [0.2, 0.25) is 0 Å². The van der Waals surface area contributed by atoms with Gasteiger partial charge in [-0.05, 0) is 37.3 Å². The lowest BCUT2D eigenvalue weighted by molar-refractivity contribution is -0.118. The molecule has 178 valence electrons. The Morgan fingerprint density at radius 2 is 1.71 bits per heavy atom. The molecule has 1 aromatic heterocycles. The Labute approximate surface area is 206 Å². The molecule has 0 bridgehead atoms. The van der Waals surface area contributed by atoms with Crippen LogP contribution in [-0.2, 0) is 20.8 Å². The lowest BCUT2D eigenvalue weighted by Gasteiger charge is -2.25. The van der Waals surface area contributed by atoms with Crippen LogP contribution in [0.4, 0.5) is 0 Å². The monoisotopic (exact) mass is 488 g/mol. The van der Waals surface area contributed by atoms with Crippen molar-refractivity contribution in [1.82, 2.24) is 4.57 Å². The Morgan fingerprint density at radius 3 is 2.37 bits per heavy atom. The van der Waals surface area contributed by atoms with Crippen LogP contribution < -0.4 is 9.54 Å². The third-order valence-electron chi connectivity index (χ3n) is 5.90. The molecule has 0 radical (unpaired) electrons. The van der Waals surface area contributed by atoms with E-state index in [4.69, 9.17) is 14.2 Å². The van der Waals surface area contributed by atoms with Crippen LogP contribution in [0.5, 0.6) is 11.5 Å². The van der Waals surface area contributed by atoms with E-state index < -0.39 is 11.9 Å². The Bertz CT molecular complexity index is 1440. The van der Waals surface area contributed by atoms with E-state index in [2.05, 4.69) is 4.99 Å². The first kappa shape index (κ1) is 23.0. The summed E-state index contributed by atoms with van der Waals surface area (Å²) < 4.78 is 19.3. The standard InChI is InChI=1S/C27H24N2O5S/c1-3-33-15-14-29-20-13-12-17(26(31)32-2)16-23(20)35-27(29)28-25(30)24-18-8-4-6-10-21(18)34-22-11-7-5-9-19(22)24/h4-13,16,24H,3,14-15H2,1-2H3. The molecule has 8 heteroatoms. The highest BCUT2D eigenvalue weighted by atomic mass is 32.1. The van der Waals surface area contributed by atoms with E-state index >= 15 is 0 Å². The third kappa shape index (κ3) is 4.38. The molecular weight excluding hydrogens is 464 g/mol. The molecular formula is C27H24N2O5S. The second-order valence-electron chi connectivity index (χ2n) is 7.97. The quantitative estimate of drug-likeness (QED) is 0.285. The van der Waals surface area contributed by atoms with Crippen LogP contribution in [0, 0.1) is 0 Å². The number of para-hydroxylation sites is 2. The van der Waals surface area contributed by atoms with Gasteiger partial charge in [0.1, 0.15) is 11.5 Å². The van der Waals surface area contributed by atoms with Crippen molar-refractivity contribution >= 4 is 33.4 Å². The number of rotatable bonds is 6. The predicted octanol–water partition coefficient (Wildman–Crippen LogP) is 4.89. The summed E-state index contributed by atoms with van der Waals surface area (Å²) in [5.41, 5.74) is 2.90. The van der Waals surface area contributed by atoms with E-state index in [1.807, 2.05) is 66.1 Å². The van der Waals surface area contributed by atoms with Crippen molar-refractivity contribution in [2.45, 2.75) is 19.4 Å². The van der Waals surface area contributed by atoms with E-state index in [-0.39, 0.29) is 5.91 Å². The van der Waals surface area contributed by atoms with E-state index in [9.17, 15) is 9.59 Å². The number of carbonyl (C=O) groups excluding carboxylic acids is 2. The van der Waals surface area contributed by atoms with E-state index in [0.717, 1.165) is 21.3 Å². The van der Waals surface area contributed by atoms with Crippen molar-refractivity contribution in [3.05, 3.63) is 88.2 Å². The molecule has 35 heavy (non-hydrogen) atoms. The number of esters is 1. The van der Waals surface area contributed by atoms with Crippen LogP contribution in [0.3, 0.4) is 0 Å². The summed E-state index contributed by atoms with van der Waals surface area (Å²) in [6, 6.07) is 20.4. The Balaban J connectivity index is 1.63. The zero-order valence-electron chi connectivity index (χ0n) is 19.4. The SMILES string of the molecule is CCOCCn1c(=NC(=O)C2c3ccccc3Oc3ccccc32)sc2cc(C(=O)OC)ccc21. The third-order valence-corrected chi connectivity index (χ3v) is 6.94. The number of ether oxygens (including phenoxy) is 3. The van der Waals surface area contributed by atoms with E-state index in [0.29, 0.717) is 41.6 Å². The number of hydrogen-bond donors (Lipinski definition) is 0. The fourth-order valence-corrected chi connectivity index (χ4v) is 5.36. The summed E-state index contributed by atoms with van der Waals surface area (Å²) in [6.45, 7) is 3.54. The maximum absolute atomic E-state index is 13.7. The van der Waals surface area contributed by atoms with Crippen molar-refractivity contribution in [2.24, 2.45) is 4.99 Å². The van der Waals surface area contributed by atoms with Crippen LogP contribution in [0.2, 0.25) is 0 Å². The second kappa shape index (κ2) is 9.85. The van der Waals surface area contributed by atoms with Crippen LogP contribution in [-0.4, -0.2) is 36.8 Å². The van der Waals surface area contributed by atoms with E-state index in [1.165, 1.54) is 18.4 Å². The summed E-state index contributed by atoms with van der Waals surface area (Å²) in [5.74, 6) is 0.0441. The molecule has 3 aromatic carbocycles. The summed E-state index contributed by atoms with van der Waals surface area (Å²) >= 11 is 1.36. The van der Waals surface area contributed by atoms with Crippen molar-refractivity contribution in [2.75, 3.05) is 20.3 Å². The molecule has 1 amide bonds. The van der Waals surface area contributed by atoms with E-state index in [1.54, 1.807) is 12.1 Å². The average molecular weight is 489 g/mol. The topological polar surface area (TPSA) is 79.1 Å². The van der Waals surface area contributed by atoms with Gasteiger partial charge in [-0.3, -0.25) is 4.79 Å². The molecule has 7 nitrogen and oxygen atoms in total. The molecule has 2 heterocycles. The Morgan fingerprint density at radius 1 is 1.03 bits per heavy atom. The number of carbonyl (C=O) groups is 2. The van der Waals surface area contributed by atoms with Gasteiger partial charge in [0.15, 0.2) is 4.80 Å². The number of aromatic nitrogens is 1. The van der Waals surface area contributed by atoms with Crippen LogP contribution in [0.1, 0.15) is 34.3 Å². The second-order valence-corrected chi connectivity index (χ2v) is 8.98. The summed E-state index contributed by atoms with van der Waals surface area (Å²) in [6.07, 6.45) is 0. The molecule has 1 aliphatic rings. The van der Waals surface area contributed by atoms with Gasteiger partial charge in [-0.25, -0.2) is 4.79 Å². The first-order valence-electron chi connectivity index (χ1n) is 11.3. The summed E-state index contributed by atoms with van der Waals surface area (Å²) in [4.78, 5) is 30.9. The van der Waals surface area contributed by atoms with Crippen molar-refractivity contribution in [3.63, 3.8) is 0 Å². The zero-order valence-corrected chi connectivity index (χ0v) is 20.2. The summed E-state index contributed by atoms with van der Waals surface area (Å²) in [7, 11) is 1.35. The molecule has 0 saturated carbocycles. The number of thiazole rings is 1. The molecule has 1 aliphatic heterocycles. The highest BCUT2D eigenvalue weighted by Gasteiger charge is 2.32. The minimum atomic E-state index is -0.577. The highest BCUT2D eigenvalue weighted by molar-refractivity contribution is 7.16. The lowest BCUT2D eigenvalue weighted by Crippen LogP contribution is -2.23. The summed E-state index contributed by atoms with van der Waals surface area (Å²) in [5, 5.41) is 0. The van der Waals surface area contributed by atoms with Gasteiger partial charge in [-0.1, -0.05) is 47.7 Å². The Kier molecular flexibility index (Phi) is 6.48. The normalized spacial score (nSPS) is 13.3. The Hall–Kier alpha value is -3.75. The first-order valence-corrected chi connectivity index (χ1v) is 12.2. The molecule has 5 rings (SSSR count). The molecule has 0 N–H and O–H groups in total. The molecule has 0 spiro atoms. The molecule has 0 atom stereocenters. The number of hydrogen-bond acceptors (Lipinski definition) is 6. The first-order chi connectivity index (χ1) is 17.1. The molecule has 0 aliphatic carbocycles. The van der Waals surface area contributed by atoms with Gasteiger partial charge in [-0.2, -0.15) is 4.99 Å². The van der Waals surface area contributed by atoms with Gasteiger partial charge in [0, 0.05) is 24.3 Å². The average Bonchev–Trinajstić information content (AvgIpc) is 3.22. The zero-order chi connectivity index (χ0) is 24.4. The fraction of sp³-hybridized carbons (Fsp3) is 0.222. The van der Waals surface area contributed by atoms with Gasteiger partial charge in [-0.15, -0.1) is 0 Å².